The van der Waals surface area contributed by atoms with Crippen molar-refractivity contribution < 1.29 is 19.1 Å². The molecule has 0 radical (unpaired) electrons. The van der Waals surface area contributed by atoms with Crippen molar-refractivity contribution in [3.63, 3.8) is 0 Å². The largest absolute Gasteiger partial charge is 0.496 e. The molecule has 1 aromatic heterocycles. The van der Waals surface area contributed by atoms with Gasteiger partial charge in [-0.1, -0.05) is 0 Å². The third-order valence-corrected chi connectivity index (χ3v) is 2.04. The number of rotatable bonds is 3. The lowest BCUT2D eigenvalue weighted by atomic mass is 10.1. The average molecular weight is 220 g/mol. The molecular formula is C10H8N2O4. The van der Waals surface area contributed by atoms with Crippen LogP contribution in [0.2, 0.25) is 0 Å². The van der Waals surface area contributed by atoms with E-state index in [-0.39, 0.29) is 11.5 Å². The quantitative estimate of drug-likeness (QED) is 0.842. The molecule has 1 heterocycles. The van der Waals surface area contributed by atoms with Crippen molar-refractivity contribution in [2.24, 2.45) is 0 Å². The predicted molar refractivity (Wildman–Crippen MR) is 53.2 cm³/mol. The summed E-state index contributed by atoms with van der Waals surface area (Å²) in [5.74, 6) is -0.353. The molecular weight excluding hydrogens is 212 g/mol. The number of aromatic carboxylic acids is 1. The Labute approximate surface area is 90.5 Å². The SMILES string of the molecule is COc1cc(C(=O)O)ccc1-c1nnco1. The lowest BCUT2D eigenvalue weighted by Crippen LogP contribution is -1.98. The van der Waals surface area contributed by atoms with E-state index in [1.54, 1.807) is 6.07 Å². The van der Waals surface area contributed by atoms with E-state index < -0.39 is 5.97 Å². The monoisotopic (exact) mass is 220 g/mol. The second kappa shape index (κ2) is 4.01. The number of aromatic nitrogens is 2. The van der Waals surface area contributed by atoms with Crippen LogP contribution in [0.3, 0.4) is 0 Å². The van der Waals surface area contributed by atoms with Crippen molar-refractivity contribution in [3.05, 3.63) is 30.2 Å². The summed E-state index contributed by atoms with van der Waals surface area (Å²) in [6, 6.07) is 4.42. The first-order valence-corrected chi connectivity index (χ1v) is 4.40. The van der Waals surface area contributed by atoms with Crippen molar-refractivity contribution >= 4 is 5.97 Å². The molecule has 6 nitrogen and oxygen atoms in total. The van der Waals surface area contributed by atoms with E-state index in [2.05, 4.69) is 10.2 Å². The molecule has 0 amide bonds. The van der Waals surface area contributed by atoms with E-state index in [0.29, 0.717) is 11.3 Å². The average Bonchev–Trinajstić information content (AvgIpc) is 2.81. The molecule has 0 atom stereocenters. The molecule has 1 aromatic carbocycles. The van der Waals surface area contributed by atoms with Crippen LogP contribution in [0.4, 0.5) is 0 Å². The highest BCUT2D eigenvalue weighted by atomic mass is 16.5. The number of hydrogen-bond donors (Lipinski definition) is 1. The van der Waals surface area contributed by atoms with E-state index in [9.17, 15) is 4.79 Å². The van der Waals surface area contributed by atoms with Crippen LogP contribution in [-0.2, 0) is 0 Å². The minimum Gasteiger partial charge on any atom is -0.496 e. The number of carboxylic acids is 1. The Morgan fingerprint density at radius 1 is 1.50 bits per heavy atom. The second-order valence-corrected chi connectivity index (χ2v) is 2.96. The zero-order valence-corrected chi connectivity index (χ0v) is 8.38. The highest BCUT2D eigenvalue weighted by Crippen LogP contribution is 2.29. The fourth-order valence-corrected chi connectivity index (χ4v) is 1.29. The molecule has 2 rings (SSSR count). The third kappa shape index (κ3) is 1.72. The van der Waals surface area contributed by atoms with Gasteiger partial charge in [-0.3, -0.25) is 0 Å². The first-order valence-electron chi connectivity index (χ1n) is 4.40. The first-order chi connectivity index (χ1) is 7.72. The zero-order chi connectivity index (χ0) is 11.5. The maximum Gasteiger partial charge on any atom is 0.335 e. The van der Waals surface area contributed by atoms with Crippen molar-refractivity contribution in [1.29, 1.82) is 0 Å². The Kier molecular flexibility index (Phi) is 2.55. The molecule has 1 N–H and O–H groups in total. The summed E-state index contributed by atoms with van der Waals surface area (Å²) in [4.78, 5) is 10.8. The Balaban J connectivity index is 2.51. The summed E-state index contributed by atoms with van der Waals surface area (Å²) in [5, 5.41) is 16.1. The topological polar surface area (TPSA) is 85.5 Å². The van der Waals surface area contributed by atoms with Crippen LogP contribution in [0.1, 0.15) is 10.4 Å². The number of carbonyl (C=O) groups is 1. The van der Waals surface area contributed by atoms with Crippen LogP contribution >= 0.6 is 0 Å². The van der Waals surface area contributed by atoms with Gasteiger partial charge in [0.05, 0.1) is 18.2 Å². The molecule has 0 aliphatic rings. The molecule has 2 aromatic rings. The van der Waals surface area contributed by atoms with E-state index in [1.807, 2.05) is 0 Å². The molecule has 0 aliphatic carbocycles. The van der Waals surface area contributed by atoms with E-state index >= 15 is 0 Å². The van der Waals surface area contributed by atoms with Gasteiger partial charge >= 0.3 is 5.97 Å². The summed E-state index contributed by atoms with van der Waals surface area (Å²) < 4.78 is 10.1. The van der Waals surface area contributed by atoms with Gasteiger partial charge in [-0.25, -0.2) is 4.79 Å². The number of ether oxygens (including phenoxy) is 1. The number of benzene rings is 1. The Morgan fingerprint density at radius 3 is 2.88 bits per heavy atom. The molecule has 0 fully saturated rings. The fourth-order valence-electron chi connectivity index (χ4n) is 1.29. The summed E-state index contributed by atoms with van der Waals surface area (Å²) in [7, 11) is 1.45. The molecule has 0 saturated carbocycles. The van der Waals surface area contributed by atoms with Gasteiger partial charge in [-0.2, -0.15) is 0 Å². The zero-order valence-electron chi connectivity index (χ0n) is 8.38. The van der Waals surface area contributed by atoms with E-state index in [4.69, 9.17) is 14.3 Å². The second-order valence-electron chi connectivity index (χ2n) is 2.96. The lowest BCUT2D eigenvalue weighted by Gasteiger charge is -2.05. The van der Waals surface area contributed by atoms with Crippen LogP contribution in [0.5, 0.6) is 5.75 Å². The standard InChI is InChI=1S/C10H8N2O4/c1-15-8-4-6(10(13)14)2-3-7(8)9-12-11-5-16-9/h2-5H,1H3,(H,13,14). The van der Waals surface area contributed by atoms with Gasteiger partial charge in [-0.05, 0) is 18.2 Å². The number of methoxy groups -OCH3 is 1. The summed E-state index contributed by atoms with van der Waals surface area (Å²) in [6.07, 6.45) is 1.19. The van der Waals surface area contributed by atoms with Gasteiger partial charge in [0.1, 0.15) is 5.75 Å². The molecule has 0 unspecified atom stereocenters. The van der Waals surface area contributed by atoms with Crippen LogP contribution in [0.25, 0.3) is 11.5 Å². The molecule has 6 heteroatoms. The Hall–Kier alpha value is -2.37. The Bertz CT molecular complexity index is 508. The molecule has 16 heavy (non-hydrogen) atoms. The first kappa shape index (κ1) is 10.2. The maximum atomic E-state index is 10.8. The van der Waals surface area contributed by atoms with Crippen LogP contribution in [-0.4, -0.2) is 28.4 Å². The van der Waals surface area contributed by atoms with Crippen molar-refractivity contribution in [1.82, 2.24) is 10.2 Å². The molecule has 82 valence electrons. The lowest BCUT2D eigenvalue weighted by molar-refractivity contribution is 0.0696. The Morgan fingerprint density at radius 2 is 2.31 bits per heavy atom. The maximum absolute atomic E-state index is 10.8. The van der Waals surface area contributed by atoms with Crippen LogP contribution in [0.15, 0.2) is 29.0 Å². The van der Waals surface area contributed by atoms with Gasteiger partial charge in [0.15, 0.2) is 0 Å². The van der Waals surface area contributed by atoms with Crippen molar-refractivity contribution in [2.45, 2.75) is 0 Å². The highest BCUT2D eigenvalue weighted by Gasteiger charge is 2.13. The van der Waals surface area contributed by atoms with Gasteiger partial charge < -0.3 is 14.3 Å². The van der Waals surface area contributed by atoms with Crippen molar-refractivity contribution in [2.75, 3.05) is 7.11 Å². The number of hydrogen-bond acceptors (Lipinski definition) is 5. The molecule has 0 spiro atoms. The predicted octanol–water partition coefficient (Wildman–Crippen LogP) is 1.44. The smallest absolute Gasteiger partial charge is 0.335 e. The van der Waals surface area contributed by atoms with Crippen LogP contribution in [0, 0.1) is 0 Å². The van der Waals surface area contributed by atoms with Gasteiger partial charge in [0.25, 0.3) is 5.89 Å². The minimum atomic E-state index is -1.02. The van der Waals surface area contributed by atoms with E-state index in [1.165, 1.54) is 25.6 Å². The van der Waals surface area contributed by atoms with Crippen LogP contribution < -0.4 is 4.74 Å². The molecule has 0 aliphatic heterocycles. The fraction of sp³-hybridized carbons (Fsp3) is 0.100. The van der Waals surface area contributed by atoms with Crippen molar-refractivity contribution in [3.8, 4) is 17.2 Å². The summed E-state index contributed by atoms with van der Waals surface area (Å²) in [5.41, 5.74) is 0.699. The van der Waals surface area contributed by atoms with E-state index in [0.717, 1.165) is 0 Å². The molecule has 0 bridgehead atoms. The summed E-state index contributed by atoms with van der Waals surface area (Å²) >= 11 is 0. The number of carboxylic acid groups (broad SMARTS) is 1. The normalized spacial score (nSPS) is 10.1. The minimum absolute atomic E-state index is 0.139. The highest BCUT2D eigenvalue weighted by molar-refractivity contribution is 5.89. The third-order valence-electron chi connectivity index (χ3n) is 2.04. The van der Waals surface area contributed by atoms with Gasteiger partial charge in [-0.15, -0.1) is 10.2 Å². The van der Waals surface area contributed by atoms with Gasteiger partial charge in [0.2, 0.25) is 6.39 Å². The van der Waals surface area contributed by atoms with Gasteiger partial charge in [0, 0.05) is 0 Å². The number of nitrogens with zero attached hydrogens (tertiary/aromatic N) is 2. The summed E-state index contributed by atoms with van der Waals surface area (Å²) in [6.45, 7) is 0. The molecule has 0 saturated heterocycles.